The highest BCUT2D eigenvalue weighted by Crippen LogP contribution is 2.29. The number of carbonyl (C=O) groups is 1. The van der Waals surface area contributed by atoms with Crippen LogP contribution in [-0.2, 0) is 4.79 Å². The lowest BCUT2D eigenvalue weighted by Gasteiger charge is -2.37. The summed E-state index contributed by atoms with van der Waals surface area (Å²) in [7, 11) is 1.70. The number of thiophene rings is 1. The molecule has 1 aliphatic heterocycles. The molecule has 146 valence electrons. The fourth-order valence-corrected chi connectivity index (χ4v) is 4.50. The van der Waals surface area contributed by atoms with E-state index in [1.807, 2.05) is 47.6 Å². The number of benzene rings is 1. The second-order valence-electron chi connectivity index (χ2n) is 6.95. The molecule has 2 aromatic heterocycles. The van der Waals surface area contributed by atoms with Crippen LogP contribution in [0.2, 0.25) is 0 Å². The van der Waals surface area contributed by atoms with Crippen molar-refractivity contribution in [3.8, 4) is 5.75 Å². The van der Waals surface area contributed by atoms with Gasteiger partial charge in [-0.05, 0) is 46.7 Å². The molecule has 4 rings (SSSR count). The molecular formula is C22H25N3O2S. The standard InChI is InChI=1S/C22H25N3O2S/c1-27-21-7-3-2-6-19(21)24-11-13-25(14-12-24)22(26)16-20(18-8-15-28-17-18)23-9-4-5-10-23/h2-10,15,17,20H,11-14,16H2,1H3. The van der Waals surface area contributed by atoms with E-state index in [9.17, 15) is 4.79 Å². The number of hydrogen-bond donors (Lipinski definition) is 0. The Hall–Kier alpha value is -2.73. The molecule has 3 heterocycles. The number of para-hydroxylation sites is 2. The first-order valence-corrected chi connectivity index (χ1v) is 10.5. The molecule has 1 aliphatic rings. The third kappa shape index (κ3) is 3.92. The van der Waals surface area contributed by atoms with Crippen LogP contribution in [0.5, 0.6) is 5.75 Å². The number of ether oxygens (including phenoxy) is 1. The average molecular weight is 396 g/mol. The van der Waals surface area contributed by atoms with Gasteiger partial charge in [0.05, 0.1) is 25.3 Å². The number of amides is 1. The third-order valence-electron chi connectivity index (χ3n) is 5.34. The molecule has 1 aromatic carbocycles. The van der Waals surface area contributed by atoms with Crippen LogP contribution in [0.3, 0.4) is 0 Å². The number of nitrogens with zero attached hydrogens (tertiary/aromatic N) is 3. The Labute approximate surface area is 169 Å². The molecule has 0 N–H and O–H groups in total. The lowest BCUT2D eigenvalue weighted by atomic mass is 10.1. The van der Waals surface area contributed by atoms with Crippen LogP contribution in [-0.4, -0.2) is 48.7 Å². The Kier molecular flexibility index (Phi) is 5.67. The molecule has 5 nitrogen and oxygen atoms in total. The Morgan fingerprint density at radius 2 is 1.82 bits per heavy atom. The first kappa shape index (κ1) is 18.6. The summed E-state index contributed by atoms with van der Waals surface area (Å²) in [6.07, 6.45) is 4.56. The van der Waals surface area contributed by atoms with Crippen molar-refractivity contribution in [3.05, 3.63) is 71.2 Å². The van der Waals surface area contributed by atoms with Gasteiger partial charge in [-0.25, -0.2) is 0 Å². The molecule has 1 atom stereocenters. The number of methoxy groups -OCH3 is 1. The summed E-state index contributed by atoms with van der Waals surface area (Å²) in [6, 6.07) is 14.3. The van der Waals surface area contributed by atoms with Crippen molar-refractivity contribution in [2.45, 2.75) is 12.5 Å². The number of anilines is 1. The SMILES string of the molecule is COc1ccccc1N1CCN(C(=O)CC(c2ccsc2)n2cccc2)CC1. The summed E-state index contributed by atoms with van der Waals surface area (Å²) < 4.78 is 7.61. The second kappa shape index (κ2) is 8.52. The van der Waals surface area contributed by atoms with Crippen molar-refractivity contribution in [1.29, 1.82) is 0 Å². The van der Waals surface area contributed by atoms with Gasteiger partial charge in [-0.1, -0.05) is 12.1 Å². The molecule has 0 saturated carbocycles. The maximum atomic E-state index is 13.0. The van der Waals surface area contributed by atoms with Crippen LogP contribution in [0.15, 0.2) is 65.6 Å². The third-order valence-corrected chi connectivity index (χ3v) is 6.04. The van der Waals surface area contributed by atoms with Gasteiger partial charge in [-0.15, -0.1) is 0 Å². The van der Waals surface area contributed by atoms with Gasteiger partial charge in [0.15, 0.2) is 0 Å². The van der Waals surface area contributed by atoms with Gasteiger partial charge in [0, 0.05) is 38.6 Å². The van der Waals surface area contributed by atoms with E-state index in [4.69, 9.17) is 4.74 Å². The second-order valence-corrected chi connectivity index (χ2v) is 7.73. The largest absolute Gasteiger partial charge is 0.495 e. The summed E-state index contributed by atoms with van der Waals surface area (Å²) >= 11 is 1.67. The number of rotatable bonds is 6. The zero-order valence-electron chi connectivity index (χ0n) is 16.0. The zero-order valence-corrected chi connectivity index (χ0v) is 16.8. The summed E-state index contributed by atoms with van der Waals surface area (Å²) in [4.78, 5) is 17.3. The van der Waals surface area contributed by atoms with E-state index in [1.54, 1.807) is 18.4 Å². The average Bonchev–Trinajstić information content (AvgIpc) is 3.46. The van der Waals surface area contributed by atoms with Crippen LogP contribution in [0.4, 0.5) is 5.69 Å². The van der Waals surface area contributed by atoms with Crippen molar-refractivity contribution in [2.75, 3.05) is 38.2 Å². The molecule has 0 radical (unpaired) electrons. The minimum absolute atomic E-state index is 0.0565. The molecule has 0 spiro atoms. The van der Waals surface area contributed by atoms with Gasteiger partial charge < -0.3 is 19.1 Å². The molecule has 1 saturated heterocycles. The Balaban J connectivity index is 1.41. The monoisotopic (exact) mass is 395 g/mol. The molecule has 1 fully saturated rings. The summed E-state index contributed by atoms with van der Waals surface area (Å²) in [5.74, 6) is 1.09. The van der Waals surface area contributed by atoms with Crippen LogP contribution < -0.4 is 9.64 Å². The van der Waals surface area contributed by atoms with Crippen LogP contribution in [0.25, 0.3) is 0 Å². The first-order chi connectivity index (χ1) is 13.8. The molecule has 6 heteroatoms. The highest BCUT2D eigenvalue weighted by molar-refractivity contribution is 7.08. The van der Waals surface area contributed by atoms with Crippen LogP contribution in [0, 0.1) is 0 Å². The molecule has 1 unspecified atom stereocenters. The van der Waals surface area contributed by atoms with E-state index in [-0.39, 0.29) is 11.9 Å². The van der Waals surface area contributed by atoms with E-state index >= 15 is 0 Å². The number of carbonyl (C=O) groups excluding carboxylic acids is 1. The summed E-state index contributed by atoms with van der Waals surface area (Å²) in [6.45, 7) is 3.11. The fraction of sp³-hybridized carbons (Fsp3) is 0.318. The van der Waals surface area contributed by atoms with Crippen molar-refractivity contribution < 1.29 is 9.53 Å². The molecule has 3 aromatic rings. The minimum Gasteiger partial charge on any atom is -0.495 e. The Bertz CT molecular complexity index is 850. The lowest BCUT2D eigenvalue weighted by Crippen LogP contribution is -2.49. The maximum Gasteiger partial charge on any atom is 0.225 e. The molecule has 28 heavy (non-hydrogen) atoms. The van der Waals surface area contributed by atoms with Gasteiger partial charge in [0.25, 0.3) is 0 Å². The van der Waals surface area contributed by atoms with Crippen LogP contribution in [0.1, 0.15) is 18.0 Å². The van der Waals surface area contributed by atoms with E-state index < -0.39 is 0 Å². The van der Waals surface area contributed by atoms with Gasteiger partial charge >= 0.3 is 0 Å². The van der Waals surface area contributed by atoms with Crippen LogP contribution >= 0.6 is 11.3 Å². The lowest BCUT2D eigenvalue weighted by molar-refractivity contribution is -0.132. The summed E-state index contributed by atoms with van der Waals surface area (Å²) in [5.41, 5.74) is 2.29. The van der Waals surface area contributed by atoms with Crippen molar-refractivity contribution >= 4 is 22.9 Å². The quantitative estimate of drug-likeness (QED) is 0.636. The summed E-state index contributed by atoms with van der Waals surface area (Å²) in [5, 5.41) is 4.21. The van der Waals surface area contributed by atoms with Crippen molar-refractivity contribution in [1.82, 2.24) is 9.47 Å². The molecule has 0 aliphatic carbocycles. The number of aromatic nitrogens is 1. The molecule has 0 bridgehead atoms. The van der Waals surface area contributed by atoms with Crippen molar-refractivity contribution in [2.24, 2.45) is 0 Å². The first-order valence-electron chi connectivity index (χ1n) is 9.56. The normalized spacial score (nSPS) is 15.5. The maximum absolute atomic E-state index is 13.0. The number of piperazine rings is 1. The van der Waals surface area contributed by atoms with Gasteiger partial charge in [-0.3, -0.25) is 4.79 Å². The van der Waals surface area contributed by atoms with Gasteiger partial charge in [0.1, 0.15) is 5.75 Å². The van der Waals surface area contributed by atoms with Gasteiger partial charge in [-0.2, -0.15) is 11.3 Å². The van der Waals surface area contributed by atoms with Gasteiger partial charge in [0.2, 0.25) is 5.91 Å². The van der Waals surface area contributed by atoms with E-state index in [1.165, 1.54) is 5.56 Å². The van der Waals surface area contributed by atoms with E-state index in [0.29, 0.717) is 6.42 Å². The smallest absolute Gasteiger partial charge is 0.225 e. The molecular weight excluding hydrogens is 370 g/mol. The Morgan fingerprint density at radius 3 is 2.50 bits per heavy atom. The molecule has 1 amide bonds. The number of hydrogen-bond acceptors (Lipinski definition) is 4. The highest BCUT2D eigenvalue weighted by Gasteiger charge is 2.26. The minimum atomic E-state index is 0.0565. The Morgan fingerprint density at radius 1 is 1.07 bits per heavy atom. The highest BCUT2D eigenvalue weighted by atomic mass is 32.1. The van der Waals surface area contributed by atoms with E-state index in [2.05, 4.69) is 32.4 Å². The van der Waals surface area contributed by atoms with E-state index in [0.717, 1.165) is 37.6 Å². The van der Waals surface area contributed by atoms with Crippen molar-refractivity contribution in [3.63, 3.8) is 0 Å². The topological polar surface area (TPSA) is 37.7 Å². The zero-order chi connectivity index (χ0) is 19.3. The fourth-order valence-electron chi connectivity index (χ4n) is 3.80. The predicted octanol–water partition coefficient (Wildman–Crippen LogP) is 3.89. The predicted molar refractivity (Wildman–Crippen MR) is 113 cm³/mol.